The molecule has 1 aliphatic rings. The first-order chi connectivity index (χ1) is 17.0. The Morgan fingerprint density at radius 3 is 2.57 bits per heavy atom. The van der Waals surface area contributed by atoms with Crippen LogP contribution in [0.3, 0.4) is 0 Å². The van der Waals surface area contributed by atoms with E-state index in [9.17, 15) is 14.0 Å². The Morgan fingerprint density at radius 1 is 1.00 bits per heavy atom. The van der Waals surface area contributed by atoms with E-state index >= 15 is 0 Å². The van der Waals surface area contributed by atoms with E-state index < -0.39 is 5.82 Å². The number of hydrogen-bond donors (Lipinski definition) is 2. The highest BCUT2D eigenvalue weighted by molar-refractivity contribution is 5.94. The number of likely N-dealkylation sites (tertiary alicyclic amines) is 1. The summed E-state index contributed by atoms with van der Waals surface area (Å²) in [4.78, 5) is 31.0. The molecule has 2 aromatic carbocycles. The van der Waals surface area contributed by atoms with Gasteiger partial charge in [-0.2, -0.15) is 0 Å². The number of piperidine rings is 1. The lowest BCUT2D eigenvalue weighted by molar-refractivity contribution is 0.0712. The number of amides is 3. The monoisotopic (exact) mass is 471 g/mol. The fourth-order valence-electron chi connectivity index (χ4n) is 4.48. The summed E-state index contributed by atoms with van der Waals surface area (Å²) in [5.41, 5.74) is 4.09. The van der Waals surface area contributed by atoms with Crippen molar-refractivity contribution in [3.63, 3.8) is 0 Å². The Labute approximate surface area is 202 Å². The van der Waals surface area contributed by atoms with Gasteiger partial charge < -0.3 is 19.9 Å². The predicted octanol–water partition coefficient (Wildman–Crippen LogP) is 4.81. The molecule has 35 heavy (non-hydrogen) atoms. The molecule has 5 rings (SSSR count). The number of nitrogens with zero attached hydrogens (tertiary/aromatic N) is 3. The highest BCUT2D eigenvalue weighted by Gasteiger charge is 2.24. The number of nitrogens with one attached hydrogen (secondary N) is 2. The van der Waals surface area contributed by atoms with Gasteiger partial charge in [0.05, 0.1) is 0 Å². The van der Waals surface area contributed by atoms with E-state index in [0.717, 1.165) is 24.1 Å². The number of carbonyl (C=O) groups is 2. The Balaban J connectivity index is 1.11. The van der Waals surface area contributed by atoms with Gasteiger partial charge in [-0.05, 0) is 72.4 Å². The fourth-order valence-corrected chi connectivity index (χ4v) is 4.48. The minimum absolute atomic E-state index is 0.127. The van der Waals surface area contributed by atoms with Crippen molar-refractivity contribution in [3.8, 4) is 0 Å². The van der Waals surface area contributed by atoms with E-state index in [2.05, 4.69) is 15.6 Å². The van der Waals surface area contributed by atoms with Crippen LogP contribution in [-0.4, -0.2) is 39.3 Å². The second-order valence-corrected chi connectivity index (χ2v) is 8.73. The van der Waals surface area contributed by atoms with Gasteiger partial charge >= 0.3 is 6.03 Å². The SMILES string of the molecule is O=C(NCc1ccn2ccnc2c1)Nc1ccc(C2CCN(C(=O)c3cccc(F)c3)CC2)cc1. The molecule has 0 saturated carbocycles. The lowest BCUT2D eigenvalue weighted by atomic mass is 9.89. The molecular formula is C27H26FN5O2. The van der Waals surface area contributed by atoms with Gasteiger partial charge in [0.1, 0.15) is 11.5 Å². The Bertz CT molecular complexity index is 1340. The van der Waals surface area contributed by atoms with Gasteiger partial charge in [0, 0.05) is 49.5 Å². The predicted molar refractivity (Wildman–Crippen MR) is 132 cm³/mol. The average Bonchev–Trinajstić information content (AvgIpc) is 3.36. The van der Waals surface area contributed by atoms with Gasteiger partial charge in [-0.1, -0.05) is 18.2 Å². The lowest BCUT2D eigenvalue weighted by Crippen LogP contribution is -2.37. The molecule has 0 bridgehead atoms. The van der Waals surface area contributed by atoms with Crippen LogP contribution in [0.25, 0.3) is 5.65 Å². The van der Waals surface area contributed by atoms with Crippen LogP contribution in [0.1, 0.15) is 40.2 Å². The summed E-state index contributed by atoms with van der Waals surface area (Å²) in [5.74, 6) is -0.186. The number of rotatable bonds is 5. The van der Waals surface area contributed by atoms with Gasteiger partial charge in [0.2, 0.25) is 0 Å². The van der Waals surface area contributed by atoms with E-state index in [4.69, 9.17) is 0 Å². The molecule has 7 nitrogen and oxygen atoms in total. The second kappa shape index (κ2) is 9.97. The molecule has 8 heteroatoms. The zero-order chi connectivity index (χ0) is 24.2. The third-order valence-corrected chi connectivity index (χ3v) is 6.41. The lowest BCUT2D eigenvalue weighted by Gasteiger charge is -2.32. The fraction of sp³-hybridized carbons (Fsp3) is 0.222. The van der Waals surface area contributed by atoms with Gasteiger partial charge in [-0.3, -0.25) is 4.79 Å². The first-order valence-electron chi connectivity index (χ1n) is 11.7. The first kappa shape index (κ1) is 22.6. The molecule has 178 valence electrons. The quantitative estimate of drug-likeness (QED) is 0.438. The highest BCUT2D eigenvalue weighted by atomic mass is 19.1. The summed E-state index contributed by atoms with van der Waals surface area (Å²) in [5, 5.41) is 5.73. The number of carbonyl (C=O) groups excluding carboxylic acids is 2. The summed E-state index contributed by atoms with van der Waals surface area (Å²) in [6.07, 6.45) is 7.21. The summed E-state index contributed by atoms with van der Waals surface area (Å²) in [7, 11) is 0. The molecule has 1 fully saturated rings. The molecule has 3 heterocycles. The van der Waals surface area contributed by atoms with Crippen LogP contribution >= 0.6 is 0 Å². The molecule has 0 unspecified atom stereocenters. The topological polar surface area (TPSA) is 78.7 Å². The van der Waals surface area contributed by atoms with Crippen LogP contribution in [-0.2, 0) is 6.54 Å². The zero-order valence-corrected chi connectivity index (χ0v) is 19.2. The number of pyridine rings is 1. The van der Waals surface area contributed by atoms with Crippen molar-refractivity contribution in [1.29, 1.82) is 0 Å². The minimum atomic E-state index is -0.399. The molecule has 4 aromatic rings. The van der Waals surface area contributed by atoms with Gasteiger partial charge in [-0.15, -0.1) is 0 Å². The number of aromatic nitrogens is 2. The van der Waals surface area contributed by atoms with Gasteiger partial charge in [0.25, 0.3) is 5.91 Å². The van der Waals surface area contributed by atoms with Crippen molar-refractivity contribution >= 4 is 23.3 Å². The third-order valence-electron chi connectivity index (χ3n) is 6.41. The molecule has 0 radical (unpaired) electrons. The molecule has 2 aromatic heterocycles. The van der Waals surface area contributed by atoms with Crippen molar-refractivity contribution in [2.24, 2.45) is 0 Å². The molecule has 2 N–H and O–H groups in total. The summed E-state index contributed by atoms with van der Waals surface area (Å²) >= 11 is 0. The smallest absolute Gasteiger partial charge is 0.319 e. The molecule has 3 amide bonds. The Hall–Kier alpha value is -4.20. The number of imidazole rings is 1. The van der Waals surface area contributed by atoms with Crippen molar-refractivity contribution in [2.45, 2.75) is 25.3 Å². The maximum absolute atomic E-state index is 13.4. The molecule has 0 aliphatic carbocycles. The van der Waals surface area contributed by atoms with Crippen LogP contribution in [0.2, 0.25) is 0 Å². The number of fused-ring (bicyclic) bond motifs is 1. The number of urea groups is 1. The third kappa shape index (κ3) is 5.32. The van der Waals surface area contributed by atoms with Crippen LogP contribution in [0.5, 0.6) is 0 Å². The van der Waals surface area contributed by atoms with Crippen LogP contribution in [0.4, 0.5) is 14.9 Å². The van der Waals surface area contributed by atoms with Crippen molar-refractivity contribution < 1.29 is 14.0 Å². The molecule has 1 aliphatic heterocycles. The summed E-state index contributed by atoms with van der Waals surface area (Å²) < 4.78 is 15.4. The van der Waals surface area contributed by atoms with Crippen molar-refractivity contribution in [1.82, 2.24) is 19.6 Å². The molecule has 0 spiro atoms. The Morgan fingerprint density at radius 2 is 1.80 bits per heavy atom. The standard InChI is InChI=1S/C27H26FN5O2/c28-23-3-1-2-22(17-23)26(34)33-13-9-21(10-14-33)20-4-6-24(7-5-20)31-27(35)30-18-19-8-12-32-15-11-29-25(32)16-19/h1-8,11-12,15-17,21H,9-10,13-14,18H2,(H2,30,31,35). The number of benzene rings is 2. The minimum Gasteiger partial charge on any atom is -0.339 e. The van der Waals surface area contributed by atoms with E-state index in [0.29, 0.717) is 36.8 Å². The van der Waals surface area contributed by atoms with Crippen molar-refractivity contribution in [2.75, 3.05) is 18.4 Å². The van der Waals surface area contributed by atoms with Crippen LogP contribution < -0.4 is 10.6 Å². The number of anilines is 1. The van der Waals surface area contributed by atoms with E-state index in [1.54, 1.807) is 23.2 Å². The average molecular weight is 472 g/mol. The van der Waals surface area contributed by atoms with E-state index in [-0.39, 0.29) is 11.9 Å². The molecule has 1 saturated heterocycles. The number of hydrogen-bond acceptors (Lipinski definition) is 3. The summed E-state index contributed by atoms with van der Waals surface area (Å²) in [6, 6.07) is 17.3. The van der Waals surface area contributed by atoms with E-state index in [1.807, 2.05) is 53.2 Å². The second-order valence-electron chi connectivity index (χ2n) is 8.73. The van der Waals surface area contributed by atoms with Gasteiger partial charge in [0.15, 0.2) is 0 Å². The largest absolute Gasteiger partial charge is 0.339 e. The van der Waals surface area contributed by atoms with E-state index in [1.165, 1.54) is 17.7 Å². The van der Waals surface area contributed by atoms with Crippen LogP contribution in [0.15, 0.2) is 79.3 Å². The molecule has 0 atom stereocenters. The zero-order valence-electron chi connectivity index (χ0n) is 19.2. The maximum atomic E-state index is 13.4. The van der Waals surface area contributed by atoms with Crippen molar-refractivity contribution in [3.05, 3.63) is 102 Å². The summed E-state index contributed by atoms with van der Waals surface area (Å²) in [6.45, 7) is 1.67. The normalized spacial score (nSPS) is 14.1. The highest BCUT2D eigenvalue weighted by Crippen LogP contribution is 2.29. The van der Waals surface area contributed by atoms with Crippen LogP contribution in [0, 0.1) is 5.82 Å². The Kier molecular flexibility index (Phi) is 6.43. The van der Waals surface area contributed by atoms with Gasteiger partial charge in [-0.25, -0.2) is 14.2 Å². The first-order valence-corrected chi connectivity index (χ1v) is 11.7. The maximum Gasteiger partial charge on any atom is 0.319 e. The molecular weight excluding hydrogens is 445 g/mol. The number of halogens is 1.